The second kappa shape index (κ2) is 7.79. The Hall–Kier alpha value is -2.61. The zero-order valence-corrected chi connectivity index (χ0v) is 17.0. The molecule has 3 rings (SSSR count). The number of anilines is 1. The maximum Gasteiger partial charge on any atom is 0.270 e. The molecule has 1 unspecified atom stereocenters. The minimum atomic E-state index is -3.99. The highest BCUT2D eigenvalue weighted by molar-refractivity contribution is 7.93. The molecule has 2 aromatic rings. The lowest BCUT2D eigenvalue weighted by molar-refractivity contribution is -0.385. The lowest BCUT2D eigenvalue weighted by Gasteiger charge is -2.31. The summed E-state index contributed by atoms with van der Waals surface area (Å²) in [6, 6.07) is 10.6. The second-order valence-electron chi connectivity index (χ2n) is 6.98. The fraction of sp³-hybridized carbons (Fsp3) is 0.400. The first-order valence-electron chi connectivity index (χ1n) is 9.25. The quantitative estimate of drug-likeness (QED) is 0.487. The molecule has 1 aliphatic carbocycles. The van der Waals surface area contributed by atoms with Gasteiger partial charge < -0.3 is 4.74 Å². The van der Waals surface area contributed by atoms with E-state index in [0.29, 0.717) is 23.4 Å². The summed E-state index contributed by atoms with van der Waals surface area (Å²) < 4.78 is 34.0. The number of ether oxygens (including phenoxy) is 1. The molecule has 0 saturated heterocycles. The summed E-state index contributed by atoms with van der Waals surface area (Å²) in [6.45, 7) is 3.73. The number of non-ortho nitro benzene ring substituents is 1. The van der Waals surface area contributed by atoms with Gasteiger partial charge in [0.05, 0.1) is 22.6 Å². The Kier molecular flexibility index (Phi) is 5.60. The summed E-state index contributed by atoms with van der Waals surface area (Å²) >= 11 is 0. The molecular weight excluding hydrogens is 380 g/mol. The van der Waals surface area contributed by atoms with E-state index in [9.17, 15) is 18.5 Å². The van der Waals surface area contributed by atoms with Crippen LogP contribution in [0.5, 0.6) is 5.75 Å². The molecule has 28 heavy (non-hydrogen) atoms. The third kappa shape index (κ3) is 3.82. The molecule has 0 spiro atoms. The van der Waals surface area contributed by atoms with Gasteiger partial charge in [-0.15, -0.1) is 0 Å². The van der Waals surface area contributed by atoms with E-state index in [0.717, 1.165) is 12.8 Å². The third-order valence-corrected chi connectivity index (χ3v) is 7.18. The summed E-state index contributed by atoms with van der Waals surface area (Å²) in [7, 11) is -2.44. The Labute approximate surface area is 165 Å². The van der Waals surface area contributed by atoms with E-state index in [-0.39, 0.29) is 22.5 Å². The molecule has 0 heterocycles. The van der Waals surface area contributed by atoms with Gasteiger partial charge in [0.25, 0.3) is 15.7 Å². The average Bonchev–Trinajstić information content (AvgIpc) is 3.53. The Balaban J connectivity index is 2.15. The van der Waals surface area contributed by atoms with Gasteiger partial charge in [-0.25, -0.2) is 8.42 Å². The molecule has 1 fully saturated rings. The molecule has 1 atom stereocenters. The van der Waals surface area contributed by atoms with Crippen LogP contribution in [0.15, 0.2) is 47.4 Å². The van der Waals surface area contributed by atoms with E-state index in [2.05, 4.69) is 0 Å². The van der Waals surface area contributed by atoms with Crippen molar-refractivity contribution < 1.29 is 18.1 Å². The maximum atomic E-state index is 13.7. The van der Waals surface area contributed by atoms with Crippen molar-refractivity contribution in [2.24, 2.45) is 5.92 Å². The normalized spacial score (nSPS) is 15.1. The van der Waals surface area contributed by atoms with Crippen LogP contribution in [0.1, 0.15) is 32.3 Å². The van der Waals surface area contributed by atoms with Crippen molar-refractivity contribution in [2.45, 2.75) is 44.0 Å². The summed E-state index contributed by atoms with van der Waals surface area (Å²) in [4.78, 5) is 10.6. The van der Waals surface area contributed by atoms with Crippen LogP contribution >= 0.6 is 0 Å². The smallest absolute Gasteiger partial charge is 0.270 e. The molecule has 2 aromatic carbocycles. The van der Waals surface area contributed by atoms with Crippen LogP contribution in [0, 0.1) is 16.0 Å². The molecule has 8 heteroatoms. The molecule has 0 aromatic heterocycles. The SMILES string of the molecule is CCc1ccc([N+](=O)[O-])cc1S(=O)(=O)N(c1ccc(OC)cc1)C(C)C1CC1. The fourth-order valence-corrected chi connectivity index (χ4v) is 5.42. The largest absolute Gasteiger partial charge is 0.497 e. The second-order valence-corrected chi connectivity index (χ2v) is 8.76. The van der Waals surface area contributed by atoms with Gasteiger partial charge in [-0.1, -0.05) is 13.0 Å². The number of sulfonamides is 1. The molecule has 1 saturated carbocycles. The number of nitro benzene ring substituents is 1. The number of nitrogens with zero attached hydrogens (tertiary/aromatic N) is 2. The first-order chi connectivity index (χ1) is 13.3. The first-order valence-corrected chi connectivity index (χ1v) is 10.7. The number of aryl methyl sites for hydroxylation is 1. The van der Waals surface area contributed by atoms with E-state index >= 15 is 0 Å². The molecule has 1 aliphatic rings. The predicted octanol–water partition coefficient (Wildman–Crippen LogP) is 4.16. The van der Waals surface area contributed by atoms with Crippen molar-refractivity contribution in [2.75, 3.05) is 11.4 Å². The molecule has 0 aliphatic heterocycles. The number of hydrogen-bond donors (Lipinski definition) is 0. The van der Waals surface area contributed by atoms with Crippen molar-refractivity contribution in [1.29, 1.82) is 0 Å². The number of rotatable bonds is 8. The number of hydrogen-bond acceptors (Lipinski definition) is 5. The van der Waals surface area contributed by atoms with Crippen LogP contribution in [0.4, 0.5) is 11.4 Å². The Morgan fingerprint density at radius 2 is 1.86 bits per heavy atom. The van der Waals surface area contributed by atoms with Crippen LogP contribution in [-0.4, -0.2) is 26.5 Å². The monoisotopic (exact) mass is 404 g/mol. The van der Waals surface area contributed by atoms with Gasteiger partial charge >= 0.3 is 0 Å². The van der Waals surface area contributed by atoms with Crippen LogP contribution in [-0.2, 0) is 16.4 Å². The number of methoxy groups -OCH3 is 1. The number of nitro groups is 1. The lowest BCUT2D eigenvalue weighted by atomic mass is 10.1. The summed E-state index contributed by atoms with van der Waals surface area (Å²) in [5.41, 5.74) is 0.852. The van der Waals surface area contributed by atoms with Crippen LogP contribution in [0.25, 0.3) is 0 Å². The van der Waals surface area contributed by atoms with Crippen LogP contribution < -0.4 is 9.04 Å². The zero-order chi connectivity index (χ0) is 20.5. The van der Waals surface area contributed by atoms with Crippen molar-refractivity contribution in [3.63, 3.8) is 0 Å². The molecule has 7 nitrogen and oxygen atoms in total. The minimum absolute atomic E-state index is 0.00693. The van der Waals surface area contributed by atoms with E-state index in [1.807, 2.05) is 13.8 Å². The van der Waals surface area contributed by atoms with Crippen molar-refractivity contribution in [1.82, 2.24) is 0 Å². The zero-order valence-electron chi connectivity index (χ0n) is 16.2. The first kappa shape index (κ1) is 20.1. The van der Waals surface area contributed by atoms with Gasteiger partial charge in [0.15, 0.2) is 0 Å². The van der Waals surface area contributed by atoms with Crippen molar-refractivity contribution in [3.05, 3.63) is 58.1 Å². The van der Waals surface area contributed by atoms with E-state index in [1.54, 1.807) is 31.4 Å². The summed E-state index contributed by atoms with van der Waals surface area (Å²) in [5, 5.41) is 11.2. The Morgan fingerprint density at radius 3 is 2.36 bits per heavy atom. The van der Waals surface area contributed by atoms with Gasteiger partial charge in [-0.2, -0.15) is 0 Å². The van der Waals surface area contributed by atoms with Crippen LogP contribution in [0.3, 0.4) is 0 Å². The molecular formula is C20H24N2O5S. The van der Waals surface area contributed by atoms with E-state index < -0.39 is 14.9 Å². The average molecular weight is 404 g/mol. The molecule has 0 radical (unpaired) electrons. The minimum Gasteiger partial charge on any atom is -0.497 e. The molecule has 150 valence electrons. The Morgan fingerprint density at radius 1 is 1.21 bits per heavy atom. The van der Waals surface area contributed by atoms with Gasteiger partial charge in [0.2, 0.25) is 0 Å². The van der Waals surface area contributed by atoms with Gasteiger partial charge in [0, 0.05) is 18.2 Å². The highest BCUT2D eigenvalue weighted by atomic mass is 32.2. The Bertz CT molecular complexity index is 969. The maximum absolute atomic E-state index is 13.7. The summed E-state index contributed by atoms with van der Waals surface area (Å²) in [5.74, 6) is 0.908. The lowest BCUT2D eigenvalue weighted by Crippen LogP contribution is -2.40. The van der Waals surface area contributed by atoms with Gasteiger partial charge in [0.1, 0.15) is 5.75 Å². The van der Waals surface area contributed by atoms with Gasteiger partial charge in [-0.3, -0.25) is 14.4 Å². The predicted molar refractivity (Wildman–Crippen MR) is 107 cm³/mol. The topological polar surface area (TPSA) is 89.8 Å². The summed E-state index contributed by atoms with van der Waals surface area (Å²) in [6.07, 6.45) is 2.40. The third-order valence-electron chi connectivity index (χ3n) is 5.18. The van der Waals surface area contributed by atoms with Crippen LogP contribution in [0.2, 0.25) is 0 Å². The highest BCUT2D eigenvalue weighted by Gasteiger charge is 2.39. The standard InChI is InChI=1S/C20H24N2O5S/c1-4-15-7-8-18(22(23)24)13-20(15)28(25,26)21(14(2)16-5-6-16)17-9-11-19(27-3)12-10-17/h7-14,16H,4-6H2,1-3H3. The number of benzene rings is 2. The van der Waals surface area contributed by atoms with E-state index in [1.165, 1.54) is 22.5 Å². The molecule has 0 bridgehead atoms. The van der Waals surface area contributed by atoms with Crippen molar-refractivity contribution in [3.8, 4) is 5.75 Å². The molecule has 0 N–H and O–H groups in total. The van der Waals surface area contributed by atoms with E-state index in [4.69, 9.17) is 4.74 Å². The molecule has 0 amide bonds. The fourth-order valence-electron chi connectivity index (χ4n) is 3.39. The van der Waals surface area contributed by atoms with Crippen molar-refractivity contribution >= 4 is 21.4 Å². The van der Waals surface area contributed by atoms with Gasteiger partial charge in [-0.05, 0) is 61.9 Å². The highest BCUT2D eigenvalue weighted by Crippen LogP contribution is 2.40.